The molecule has 6 heteroatoms. The largest absolute Gasteiger partial charge is 0.497 e. The Kier molecular flexibility index (Phi) is 5.61. The van der Waals surface area contributed by atoms with E-state index < -0.39 is 0 Å². The zero-order valence-electron chi connectivity index (χ0n) is 15.7. The molecule has 1 aromatic heterocycles. The number of piperazine rings is 1. The average Bonchev–Trinajstić information content (AvgIpc) is 2.69. The maximum absolute atomic E-state index is 13.0. The fourth-order valence-electron chi connectivity index (χ4n) is 3.28. The van der Waals surface area contributed by atoms with Crippen molar-refractivity contribution in [3.63, 3.8) is 0 Å². The highest BCUT2D eigenvalue weighted by atomic mass is 16.5. The second kappa shape index (κ2) is 8.08. The van der Waals surface area contributed by atoms with E-state index in [4.69, 9.17) is 4.74 Å². The van der Waals surface area contributed by atoms with Gasteiger partial charge in [-0.1, -0.05) is 6.07 Å². The first kappa shape index (κ1) is 18.0. The number of aryl methyl sites for hydroxylation is 1. The van der Waals surface area contributed by atoms with E-state index in [2.05, 4.69) is 22.9 Å². The van der Waals surface area contributed by atoms with Gasteiger partial charge in [-0.05, 0) is 49.7 Å². The van der Waals surface area contributed by atoms with Gasteiger partial charge in [0.2, 0.25) is 0 Å². The van der Waals surface area contributed by atoms with Crippen LogP contribution < -0.4 is 14.5 Å². The molecule has 0 saturated carbocycles. The Balaban J connectivity index is 1.65. The van der Waals surface area contributed by atoms with E-state index in [0.717, 1.165) is 30.3 Å². The number of nitrogens with zero attached hydrogens (tertiary/aromatic N) is 4. The van der Waals surface area contributed by atoms with Crippen molar-refractivity contribution in [3.8, 4) is 5.75 Å². The minimum Gasteiger partial charge on any atom is -0.497 e. The number of carbonyl (C=O) groups is 1. The van der Waals surface area contributed by atoms with Crippen LogP contribution in [0.2, 0.25) is 0 Å². The predicted molar refractivity (Wildman–Crippen MR) is 104 cm³/mol. The van der Waals surface area contributed by atoms with Crippen molar-refractivity contribution in [1.29, 1.82) is 0 Å². The summed E-state index contributed by atoms with van der Waals surface area (Å²) in [6.45, 7) is 7.68. The van der Waals surface area contributed by atoms with Crippen LogP contribution in [0.1, 0.15) is 12.5 Å². The van der Waals surface area contributed by atoms with Gasteiger partial charge in [0, 0.05) is 44.6 Å². The summed E-state index contributed by atoms with van der Waals surface area (Å²) in [6, 6.07) is 11.7. The zero-order chi connectivity index (χ0) is 18.5. The molecule has 2 aromatic rings. The number of urea groups is 1. The Hall–Kier alpha value is -2.76. The number of rotatable bonds is 4. The molecule has 0 radical (unpaired) electrons. The number of ether oxygens (including phenoxy) is 1. The van der Waals surface area contributed by atoms with E-state index in [1.165, 1.54) is 5.56 Å². The SMILES string of the molecule is CCN(C(=O)N1CCN(c2ncccc2C)CC1)c1ccc(OC)cc1. The van der Waals surface area contributed by atoms with Crippen molar-refractivity contribution in [2.24, 2.45) is 0 Å². The Morgan fingerprint density at radius 1 is 1.15 bits per heavy atom. The van der Waals surface area contributed by atoms with Gasteiger partial charge in [0.1, 0.15) is 11.6 Å². The number of anilines is 2. The minimum absolute atomic E-state index is 0.0510. The number of pyridine rings is 1. The number of benzene rings is 1. The number of carbonyl (C=O) groups excluding carboxylic acids is 1. The molecule has 1 aliphatic heterocycles. The van der Waals surface area contributed by atoms with Gasteiger partial charge >= 0.3 is 6.03 Å². The predicted octanol–water partition coefficient (Wildman–Crippen LogP) is 3.17. The maximum Gasteiger partial charge on any atom is 0.324 e. The summed E-state index contributed by atoms with van der Waals surface area (Å²) in [6.07, 6.45) is 1.82. The quantitative estimate of drug-likeness (QED) is 0.846. The van der Waals surface area contributed by atoms with E-state index in [0.29, 0.717) is 19.6 Å². The summed E-state index contributed by atoms with van der Waals surface area (Å²) in [5, 5.41) is 0. The summed E-state index contributed by atoms with van der Waals surface area (Å²) in [5.74, 6) is 1.80. The molecule has 2 heterocycles. The fraction of sp³-hybridized carbons (Fsp3) is 0.400. The molecular weight excluding hydrogens is 328 g/mol. The number of amides is 2. The molecule has 1 aromatic carbocycles. The Morgan fingerprint density at radius 3 is 2.42 bits per heavy atom. The van der Waals surface area contributed by atoms with Gasteiger partial charge in [-0.2, -0.15) is 0 Å². The molecule has 0 atom stereocenters. The van der Waals surface area contributed by atoms with Crippen molar-refractivity contribution in [3.05, 3.63) is 48.2 Å². The van der Waals surface area contributed by atoms with Crippen molar-refractivity contribution in [2.75, 3.05) is 49.6 Å². The molecule has 2 amide bonds. The Bertz CT molecular complexity index is 740. The lowest BCUT2D eigenvalue weighted by Gasteiger charge is -2.38. The number of methoxy groups -OCH3 is 1. The first-order chi connectivity index (χ1) is 12.6. The molecule has 1 saturated heterocycles. The number of hydrogen-bond donors (Lipinski definition) is 0. The molecule has 138 valence electrons. The van der Waals surface area contributed by atoms with Gasteiger partial charge in [-0.25, -0.2) is 9.78 Å². The van der Waals surface area contributed by atoms with Crippen molar-refractivity contribution in [1.82, 2.24) is 9.88 Å². The third kappa shape index (κ3) is 3.74. The molecule has 1 aliphatic rings. The van der Waals surface area contributed by atoms with Gasteiger partial charge in [0.25, 0.3) is 0 Å². The maximum atomic E-state index is 13.0. The molecule has 0 aliphatic carbocycles. The van der Waals surface area contributed by atoms with Crippen LogP contribution in [0.3, 0.4) is 0 Å². The van der Waals surface area contributed by atoms with E-state index in [1.807, 2.05) is 48.4 Å². The minimum atomic E-state index is 0.0510. The van der Waals surface area contributed by atoms with Gasteiger partial charge in [0.05, 0.1) is 7.11 Å². The van der Waals surface area contributed by atoms with Crippen molar-refractivity contribution >= 4 is 17.5 Å². The molecule has 0 bridgehead atoms. The van der Waals surface area contributed by atoms with Crippen LogP contribution >= 0.6 is 0 Å². The smallest absolute Gasteiger partial charge is 0.324 e. The lowest BCUT2D eigenvalue weighted by atomic mass is 10.2. The van der Waals surface area contributed by atoms with E-state index in [1.54, 1.807) is 12.0 Å². The molecule has 6 nitrogen and oxygen atoms in total. The molecule has 1 fully saturated rings. The van der Waals surface area contributed by atoms with Crippen molar-refractivity contribution in [2.45, 2.75) is 13.8 Å². The third-order valence-corrected chi connectivity index (χ3v) is 4.76. The highest BCUT2D eigenvalue weighted by molar-refractivity contribution is 5.92. The van der Waals surface area contributed by atoms with Crippen LogP contribution in [0.4, 0.5) is 16.3 Å². The monoisotopic (exact) mass is 354 g/mol. The first-order valence-corrected chi connectivity index (χ1v) is 9.01. The third-order valence-electron chi connectivity index (χ3n) is 4.76. The summed E-state index contributed by atoms with van der Waals surface area (Å²) >= 11 is 0. The molecule has 26 heavy (non-hydrogen) atoms. The second-order valence-corrected chi connectivity index (χ2v) is 6.34. The van der Waals surface area contributed by atoms with Gasteiger partial charge < -0.3 is 14.5 Å². The standard InChI is InChI=1S/C20H26N4O2/c1-4-24(17-7-9-18(26-3)10-8-17)20(25)23-14-12-22(13-15-23)19-16(2)6-5-11-21-19/h5-11H,4,12-15H2,1-3H3. The summed E-state index contributed by atoms with van der Waals surface area (Å²) in [4.78, 5) is 23.4. The lowest BCUT2D eigenvalue weighted by molar-refractivity contribution is 0.201. The van der Waals surface area contributed by atoms with Crippen molar-refractivity contribution < 1.29 is 9.53 Å². The van der Waals surface area contributed by atoms with E-state index in [9.17, 15) is 4.79 Å². The normalized spacial score (nSPS) is 14.3. The fourth-order valence-corrected chi connectivity index (χ4v) is 3.28. The van der Waals surface area contributed by atoms with Crippen LogP contribution in [0.5, 0.6) is 5.75 Å². The first-order valence-electron chi connectivity index (χ1n) is 9.01. The molecule has 0 unspecified atom stereocenters. The number of aromatic nitrogens is 1. The molecule has 0 spiro atoms. The van der Waals surface area contributed by atoms with Crippen LogP contribution in [0.15, 0.2) is 42.6 Å². The zero-order valence-corrected chi connectivity index (χ0v) is 15.7. The highest BCUT2D eigenvalue weighted by Crippen LogP contribution is 2.22. The molecule has 0 N–H and O–H groups in total. The second-order valence-electron chi connectivity index (χ2n) is 6.34. The van der Waals surface area contributed by atoms with E-state index >= 15 is 0 Å². The topological polar surface area (TPSA) is 48.9 Å². The van der Waals surface area contributed by atoms with Gasteiger partial charge in [-0.3, -0.25) is 4.90 Å². The van der Waals surface area contributed by atoms with Gasteiger partial charge in [-0.15, -0.1) is 0 Å². The van der Waals surface area contributed by atoms with Gasteiger partial charge in [0.15, 0.2) is 0 Å². The lowest BCUT2D eigenvalue weighted by Crippen LogP contribution is -2.53. The summed E-state index contributed by atoms with van der Waals surface area (Å²) in [5.41, 5.74) is 2.06. The van der Waals surface area contributed by atoms with Crippen LogP contribution in [-0.4, -0.2) is 55.7 Å². The van der Waals surface area contributed by atoms with Crippen LogP contribution in [0, 0.1) is 6.92 Å². The van der Waals surface area contributed by atoms with Crippen LogP contribution in [0.25, 0.3) is 0 Å². The average molecular weight is 354 g/mol. The summed E-state index contributed by atoms with van der Waals surface area (Å²) in [7, 11) is 1.64. The van der Waals surface area contributed by atoms with E-state index in [-0.39, 0.29) is 6.03 Å². The Morgan fingerprint density at radius 2 is 1.85 bits per heavy atom. The highest BCUT2D eigenvalue weighted by Gasteiger charge is 2.26. The molecular formula is C20H26N4O2. The Labute approximate surface area is 155 Å². The van der Waals surface area contributed by atoms with Crippen LogP contribution in [-0.2, 0) is 0 Å². The molecule has 3 rings (SSSR count). The number of hydrogen-bond acceptors (Lipinski definition) is 4. The summed E-state index contributed by atoms with van der Waals surface area (Å²) < 4.78 is 5.20.